The second kappa shape index (κ2) is 6.25. The van der Waals surface area contributed by atoms with Crippen LogP contribution in [0.5, 0.6) is 0 Å². The van der Waals surface area contributed by atoms with Gasteiger partial charge in [-0.05, 0) is 30.7 Å². The lowest BCUT2D eigenvalue weighted by atomic mass is 9.94. The fourth-order valence-electron chi connectivity index (χ4n) is 2.48. The lowest BCUT2D eigenvalue weighted by Gasteiger charge is -2.39. The highest BCUT2D eigenvalue weighted by Crippen LogP contribution is 2.35. The molecule has 1 aromatic rings. The molecule has 6 heteroatoms. The van der Waals surface area contributed by atoms with Gasteiger partial charge in [-0.3, -0.25) is 9.88 Å². The summed E-state index contributed by atoms with van der Waals surface area (Å²) in [5, 5.41) is 12.1. The molecule has 3 N–H and O–H groups in total. The molecule has 2 rings (SSSR count). The number of rotatable bonds is 4. The minimum Gasteiger partial charge on any atom is -0.409 e. The van der Waals surface area contributed by atoms with E-state index in [2.05, 4.69) is 21.1 Å². The molecule has 1 aliphatic rings. The molecule has 0 radical (unpaired) electrons. The number of aromatic nitrogens is 1. The Labute approximate surface area is 117 Å². The van der Waals surface area contributed by atoms with Gasteiger partial charge in [-0.2, -0.15) is 11.8 Å². The van der Waals surface area contributed by atoms with Gasteiger partial charge in [0.15, 0.2) is 5.84 Å². The maximum Gasteiger partial charge on any atom is 0.155 e. The van der Waals surface area contributed by atoms with E-state index in [0.29, 0.717) is 5.84 Å². The van der Waals surface area contributed by atoms with E-state index in [1.54, 1.807) is 18.0 Å². The Morgan fingerprint density at radius 1 is 1.58 bits per heavy atom. The van der Waals surface area contributed by atoms with E-state index >= 15 is 0 Å². The van der Waals surface area contributed by atoms with Gasteiger partial charge in [-0.1, -0.05) is 11.2 Å². The molecule has 2 heterocycles. The maximum atomic E-state index is 8.91. The van der Waals surface area contributed by atoms with Crippen LogP contribution in [0.3, 0.4) is 0 Å². The van der Waals surface area contributed by atoms with Crippen LogP contribution in [-0.4, -0.2) is 45.0 Å². The third-order valence-electron chi connectivity index (χ3n) is 3.76. The molecule has 0 atom stereocenters. The van der Waals surface area contributed by atoms with Gasteiger partial charge in [0.2, 0.25) is 0 Å². The normalized spacial score (nSPS) is 20.4. The molecule has 0 spiro atoms. The largest absolute Gasteiger partial charge is 0.409 e. The van der Waals surface area contributed by atoms with E-state index in [1.807, 2.05) is 18.5 Å². The molecule has 1 aromatic heterocycles. The zero-order valence-electron chi connectivity index (χ0n) is 11.1. The van der Waals surface area contributed by atoms with E-state index in [4.69, 9.17) is 10.9 Å². The van der Waals surface area contributed by atoms with Crippen LogP contribution >= 0.6 is 11.8 Å². The molecule has 19 heavy (non-hydrogen) atoms. The molecular formula is C13H20N4OS. The second-order valence-electron chi connectivity index (χ2n) is 4.82. The number of thioether (sulfide) groups is 1. The van der Waals surface area contributed by atoms with E-state index in [-0.39, 0.29) is 4.75 Å². The Bertz CT molecular complexity index is 430. The summed E-state index contributed by atoms with van der Waals surface area (Å²) < 4.78 is -0.208. The lowest BCUT2D eigenvalue weighted by Crippen LogP contribution is -2.49. The first-order valence-electron chi connectivity index (χ1n) is 6.34. The summed E-state index contributed by atoms with van der Waals surface area (Å²) in [7, 11) is 0. The Morgan fingerprint density at radius 3 is 2.84 bits per heavy atom. The highest BCUT2D eigenvalue weighted by Gasteiger charge is 2.38. The predicted molar refractivity (Wildman–Crippen MR) is 78.4 cm³/mol. The summed E-state index contributed by atoms with van der Waals surface area (Å²) in [4.78, 5) is 6.52. The van der Waals surface area contributed by atoms with E-state index in [0.717, 1.165) is 32.5 Å². The summed E-state index contributed by atoms with van der Waals surface area (Å²) >= 11 is 1.68. The highest BCUT2D eigenvalue weighted by atomic mass is 32.2. The molecule has 0 bridgehead atoms. The maximum absolute atomic E-state index is 8.91. The second-order valence-corrected chi connectivity index (χ2v) is 6.01. The Morgan fingerprint density at radius 2 is 2.32 bits per heavy atom. The SMILES string of the molecule is CSC1(C(N)=NO)CCN(Cc2cccnc2)CC1. The number of nitrogens with zero attached hydrogens (tertiary/aromatic N) is 3. The van der Waals surface area contributed by atoms with Crippen LogP contribution in [0.1, 0.15) is 18.4 Å². The molecule has 0 unspecified atom stereocenters. The van der Waals surface area contributed by atoms with Crippen LogP contribution < -0.4 is 5.73 Å². The molecule has 1 aliphatic heterocycles. The molecule has 104 valence electrons. The van der Waals surface area contributed by atoms with Gasteiger partial charge < -0.3 is 10.9 Å². The number of nitrogens with two attached hydrogens (primary N) is 1. The van der Waals surface area contributed by atoms with Gasteiger partial charge in [0.1, 0.15) is 0 Å². The number of amidine groups is 1. The molecule has 0 amide bonds. The Balaban J connectivity index is 1.95. The number of piperidine rings is 1. The van der Waals surface area contributed by atoms with Crippen LogP contribution in [-0.2, 0) is 6.54 Å². The van der Waals surface area contributed by atoms with Crippen LogP contribution in [0.25, 0.3) is 0 Å². The van der Waals surface area contributed by atoms with Crippen molar-refractivity contribution in [3.05, 3.63) is 30.1 Å². The quantitative estimate of drug-likeness (QED) is 0.378. The van der Waals surface area contributed by atoms with E-state index in [9.17, 15) is 0 Å². The molecule has 0 aromatic carbocycles. The van der Waals surface area contributed by atoms with Crippen molar-refractivity contribution in [1.82, 2.24) is 9.88 Å². The van der Waals surface area contributed by atoms with Gasteiger partial charge in [0.25, 0.3) is 0 Å². The number of oxime groups is 1. The van der Waals surface area contributed by atoms with Crippen molar-refractivity contribution >= 4 is 17.6 Å². The molecular weight excluding hydrogens is 260 g/mol. The molecule has 0 aliphatic carbocycles. The fourth-order valence-corrected chi connectivity index (χ4v) is 3.32. The number of hydrogen-bond acceptors (Lipinski definition) is 5. The van der Waals surface area contributed by atoms with E-state index in [1.165, 1.54) is 5.56 Å². The van der Waals surface area contributed by atoms with Crippen molar-refractivity contribution in [3.63, 3.8) is 0 Å². The van der Waals surface area contributed by atoms with Crippen molar-refractivity contribution in [2.24, 2.45) is 10.9 Å². The monoisotopic (exact) mass is 280 g/mol. The first-order valence-corrected chi connectivity index (χ1v) is 7.57. The topological polar surface area (TPSA) is 74.7 Å². The highest BCUT2D eigenvalue weighted by molar-refractivity contribution is 8.00. The summed E-state index contributed by atoms with van der Waals surface area (Å²) in [6, 6.07) is 4.05. The van der Waals surface area contributed by atoms with Crippen molar-refractivity contribution in [3.8, 4) is 0 Å². The van der Waals surface area contributed by atoms with E-state index < -0.39 is 0 Å². The lowest BCUT2D eigenvalue weighted by molar-refractivity contribution is 0.209. The molecule has 5 nitrogen and oxygen atoms in total. The average molecular weight is 280 g/mol. The van der Waals surface area contributed by atoms with Crippen LogP contribution in [0, 0.1) is 0 Å². The summed E-state index contributed by atoms with van der Waals surface area (Å²) in [5.74, 6) is 0.348. The number of pyridine rings is 1. The standard InChI is InChI=1S/C13H20N4OS/c1-19-13(12(14)16-18)4-7-17(8-5-13)10-11-3-2-6-15-9-11/h2-3,6,9,18H,4-5,7-8,10H2,1H3,(H2,14,16). The third kappa shape index (κ3) is 3.19. The zero-order chi connectivity index (χ0) is 13.7. The smallest absolute Gasteiger partial charge is 0.155 e. The first kappa shape index (κ1) is 14.1. The average Bonchev–Trinajstić information content (AvgIpc) is 2.48. The van der Waals surface area contributed by atoms with Gasteiger partial charge in [0.05, 0.1) is 4.75 Å². The van der Waals surface area contributed by atoms with Gasteiger partial charge >= 0.3 is 0 Å². The molecule has 1 saturated heterocycles. The molecule has 0 saturated carbocycles. The van der Waals surface area contributed by atoms with Crippen LogP contribution in [0.15, 0.2) is 29.7 Å². The van der Waals surface area contributed by atoms with Crippen LogP contribution in [0.2, 0.25) is 0 Å². The minimum absolute atomic E-state index is 0.208. The summed E-state index contributed by atoms with van der Waals surface area (Å²) in [6.45, 7) is 2.81. The van der Waals surface area contributed by atoms with Crippen molar-refractivity contribution in [2.75, 3.05) is 19.3 Å². The van der Waals surface area contributed by atoms with Crippen molar-refractivity contribution in [1.29, 1.82) is 0 Å². The Kier molecular flexibility index (Phi) is 4.66. The minimum atomic E-state index is -0.208. The third-order valence-corrected chi connectivity index (χ3v) is 5.16. The summed E-state index contributed by atoms with van der Waals surface area (Å²) in [5.41, 5.74) is 7.07. The zero-order valence-corrected chi connectivity index (χ0v) is 11.9. The first-order chi connectivity index (χ1) is 9.20. The van der Waals surface area contributed by atoms with Gasteiger partial charge in [0, 0.05) is 32.0 Å². The van der Waals surface area contributed by atoms with Crippen LogP contribution in [0.4, 0.5) is 0 Å². The van der Waals surface area contributed by atoms with Gasteiger partial charge in [-0.15, -0.1) is 0 Å². The predicted octanol–water partition coefficient (Wildman–Crippen LogP) is 1.53. The number of likely N-dealkylation sites (tertiary alicyclic amines) is 1. The fraction of sp³-hybridized carbons (Fsp3) is 0.538. The summed E-state index contributed by atoms with van der Waals surface area (Å²) in [6.07, 6.45) is 7.53. The number of hydrogen-bond donors (Lipinski definition) is 2. The van der Waals surface area contributed by atoms with Crippen molar-refractivity contribution in [2.45, 2.75) is 24.1 Å². The van der Waals surface area contributed by atoms with Crippen molar-refractivity contribution < 1.29 is 5.21 Å². The van der Waals surface area contributed by atoms with Gasteiger partial charge in [-0.25, -0.2) is 0 Å². The Hall–Kier alpha value is -1.27. The molecule has 1 fully saturated rings.